The Morgan fingerprint density at radius 1 is 1.13 bits per heavy atom. The molecule has 3 amide bonds. The number of halogens is 1. The summed E-state index contributed by atoms with van der Waals surface area (Å²) in [6.07, 6.45) is 0.525. The van der Waals surface area contributed by atoms with Gasteiger partial charge in [0, 0.05) is 27.9 Å². The second-order valence-electron chi connectivity index (χ2n) is 9.55. The molecule has 0 saturated carbocycles. The van der Waals surface area contributed by atoms with Crippen molar-refractivity contribution in [2.45, 2.75) is 32.4 Å². The third kappa shape index (κ3) is 6.99. The van der Waals surface area contributed by atoms with Crippen LogP contribution in [0.15, 0.2) is 60.0 Å². The number of nitrogens with two attached hydrogens (primary N) is 1. The van der Waals surface area contributed by atoms with E-state index in [2.05, 4.69) is 10.6 Å². The Hall–Kier alpha value is -4.25. The van der Waals surface area contributed by atoms with Gasteiger partial charge >= 0.3 is 0 Å². The number of rotatable bonds is 9. The van der Waals surface area contributed by atoms with Crippen LogP contribution < -0.4 is 21.1 Å². The standard InChI is InChI=1S/C28H30FN5O4S/c1-16-11-23(28(37)33-17(2)24-12-19(15-39-24)26(30)31)34(14-16)25(35)13-32-27(36)18-3-7-21(8-4-18)38-22-9-5-20(29)6-10-22/h3-10,12,15-17,23H,11,13-14H2,1-2H3,(H3,30,31)(H,32,36)(H,33,37)/t16-,17+,23-/m0/s1. The maximum atomic E-state index is 13.1. The minimum Gasteiger partial charge on any atom is -0.457 e. The van der Waals surface area contributed by atoms with Crippen LogP contribution in [0.1, 0.15) is 47.1 Å². The molecular weight excluding hydrogens is 521 g/mol. The largest absolute Gasteiger partial charge is 0.457 e. The number of hydrogen-bond acceptors (Lipinski definition) is 6. The molecule has 0 spiro atoms. The topological polar surface area (TPSA) is 138 Å². The maximum Gasteiger partial charge on any atom is 0.251 e. The first kappa shape index (κ1) is 27.8. The van der Waals surface area contributed by atoms with Crippen molar-refractivity contribution in [3.05, 3.63) is 81.8 Å². The van der Waals surface area contributed by atoms with Crippen molar-refractivity contribution in [1.82, 2.24) is 15.5 Å². The molecule has 1 aliphatic heterocycles. The number of nitrogen functional groups attached to an aromatic ring is 1. The van der Waals surface area contributed by atoms with Crippen LogP contribution in [0, 0.1) is 17.1 Å². The number of amides is 3. The lowest BCUT2D eigenvalue weighted by Crippen LogP contribution is -2.49. The van der Waals surface area contributed by atoms with E-state index in [4.69, 9.17) is 15.9 Å². The van der Waals surface area contributed by atoms with Gasteiger partial charge in [0.25, 0.3) is 5.91 Å². The maximum absolute atomic E-state index is 13.1. The first-order valence-corrected chi connectivity index (χ1v) is 13.3. The van der Waals surface area contributed by atoms with Crippen LogP contribution in [0.5, 0.6) is 11.5 Å². The summed E-state index contributed by atoms with van der Waals surface area (Å²) >= 11 is 1.40. The summed E-state index contributed by atoms with van der Waals surface area (Å²) in [5, 5.41) is 14.9. The first-order valence-electron chi connectivity index (χ1n) is 12.4. The highest BCUT2D eigenvalue weighted by Gasteiger charge is 2.38. The highest BCUT2D eigenvalue weighted by molar-refractivity contribution is 7.10. The lowest BCUT2D eigenvalue weighted by molar-refractivity contribution is -0.138. The van der Waals surface area contributed by atoms with Crippen LogP contribution in [0.2, 0.25) is 0 Å². The van der Waals surface area contributed by atoms with E-state index in [9.17, 15) is 18.8 Å². The molecule has 3 atom stereocenters. The van der Waals surface area contributed by atoms with E-state index in [1.165, 1.54) is 40.5 Å². The lowest BCUT2D eigenvalue weighted by atomic mass is 10.1. The number of amidine groups is 1. The molecule has 1 fully saturated rings. The second kappa shape index (κ2) is 12.1. The zero-order valence-electron chi connectivity index (χ0n) is 21.6. The second-order valence-corrected chi connectivity index (χ2v) is 10.5. The summed E-state index contributed by atoms with van der Waals surface area (Å²) in [6.45, 7) is 3.99. The molecule has 204 valence electrons. The quantitative estimate of drug-likeness (QED) is 0.237. The average Bonchev–Trinajstić information content (AvgIpc) is 3.56. The predicted octanol–water partition coefficient (Wildman–Crippen LogP) is 3.81. The number of likely N-dealkylation sites (tertiary alicyclic amines) is 1. The Bertz CT molecular complexity index is 1360. The third-order valence-corrected chi connectivity index (χ3v) is 7.53. The highest BCUT2D eigenvalue weighted by Crippen LogP contribution is 2.26. The summed E-state index contributed by atoms with van der Waals surface area (Å²) in [7, 11) is 0. The van der Waals surface area contributed by atoms with Gasteiger partial charge in [-0.05, 0) is 73.9 Å². The number of carbonyl (C=O) groups excluding carboxylic acids is 3. The van der Waals surface area contributed by atoms with E-state index in [1.807, 2.05) is 13.8 Å². The van der Waals surface area contributed by atoms with E-state index in [0.717, 1.165) is 4.88 Å². The van der Waals surface area contributed by atoms with Gasteiger partial charge < -0.3 is 26.0 Å². The zero-order valence-corrected chi connectivity index (χ0v) is 22.4. The molecule has 9 nitrogen and oxygen atoms in total. The van der Waals surface area contributed by atoms with E-state index in [1.54, 1.807) is 35.7 Å². The number of ether oxygens (including phenoxy) is 1. The molecule has 0 aliphatic carbocycles. The van der Waals surface area contributed by atoms with Gasteiger partial charge in [-0.2, -0.15) is 0 Å². The molecule has 11 heteroatoms. The third-order valence-electron chi connectivity index (χ3n) is 6.42. The molecule has 4 rings (SSSR count). The number of hydrogen-bond donors (Lipinski definition) is 4. The molecule has 0 radical (unpaired) electrons. The van der Waals surface area contributed by atoms with Crippen molar-refractivity contribution in [3.63, 3.8) is 0 Å². The molecule has 0 unspecified atom stereocenters. The normalized spacial score (nSPS) is 17.4. The smallest absolute Gasteiger partial charge is 0.251 e. The summed E-state index contributed by atoms with van der Waals surface area (Å²) in [4.78, 5) is 41.1. The van der Waals surface area contributed by atoms with Crippen LogP contribution >= 0.6 is 11.3 Å². The van der Waals surface area contributed by atoms with E-state index >= 15 is 0 Å². The molecule has 1 aliphatic rings. The molecular formula is C28H30FN5O4S. The van der Waals surface area contributed by atoms with Crippen molar-refractivity contribution in [1.29, 1.82) is 5.41 Å². The Morgan fingerprint density at radius 3 is 2.38 bits per heavy atom. The Balaban J connectivity index is 1.31. The van der Waals surface area contributed by atoms with Gasteiger partial charge in [-0.25, -0.2) is 4.39 Å². The Morgan fingerprint density at radius 2 is 1.77 bits per heavy atom. The van der Waals surface area contributed by atoms with Gasteiger partial charge in [-0.15, -0.1) is 11.3 Å². The van der Waals surface area contributed by atoms with E-state index in [-0.39, 0.29) is 42.0 Å². The number of nitrogens with zero attached hydrogens (tertiary/aromatic N) is 1. The average molecular weight is 552 g/mol. The van der Waals surface area contributed by atoms with Crippen LogP contribution in [0.4, 0.5) is 4.39 Å². The van der Waals surface area contributed by atoms with Crippen LogP contribution in [0.25, 0.3) is 0 Å². The molecule has 2 aromatic carbocycles. The van der Waals surface area contributed by atoms with Gasteiger partial charge in [-0.1, -0.05) is 6.92 Å². The van der Waals surface area contributed by atoms with Crippen molar-refractivity contribution >= 4 is 34.9 Å². The minimum absolute atomic E-state index is 0.0336. The number of benzene rings is 2. The molecule has 39 heavy (non-hydrogen) atoms. The summed E-state index contributed by atoms with van der Waals surface area (Å²) < 4.78 is 18.7. The minimum atomic E-state index is -0.637. The summed E-state index contributed by atoms with van der Waals surface area (Å²) in [6, 6.07) is 12.8. The van der Waals surface area contributed by atoms with Gasteiger partial charge in [0.1, 0.15) is 29.2 Å². The molecule has 1 saturated heterocycles. The molecule has 5 N–H and O–H groups in total. The fraction of sp³-hybridized carbons (Fsp3) is 0.286. The first-order chi connectivity index (χ1) is 18.6. The van der Waals surface area contributed by atoms with Crippen molar-refractivity contribution < 1.29 is 23.5 Å². The fourth-order valence-electron chi connectivity index (χ4n) is 4.34. The van der Waals surface area contributed by atoms with E-state index in [0.29, 0.717) is 35.6 Å². The van der Waals surface area contributed by atoms with Crippen molar-refractivity contribution in [2.75, 3.05) is 13.1 Å². The highest BCUT2D eigenvalue weighted by atomic mass is 32.1. The van der Waals surface area contributed by atoms with Gasteiger partial charge in [-0.3, -0.25) is 19.8 Å². The zero-order chi connectivity index (χ0) is 28.1. The SMILES string of the molecule is C[C@H]1C[C@@H](C(=O)N[C@H](C)c2cc(C(=N)N)cs2)N(C(=O)CNC(=O)c2ccc(Oc3ccc(F)cc3)cc2)C1. The van der Waals surface area contributed by atoms with Crippen LogP contribution in [-0.2, 0) is 9.59 Å². The number of thiophene rings is 1. The summed E-state index contributed by atoms with van der Waals surface area (Å²) in [5.41, 5.74) is 6.48. The summed E-state index contributed by atoms with van der Waals surface area (Å²) in [5.74, 6) is -0.363. The van der Waals surface area contributed by atoms with Gasteiger partial charge in [0.05, 0.1) is 12.6 Å². The van der Waals surface area contributed by atoms with Crippen molar-refractivity contribution in [3.8, 4) is 11.5 Å². The lowest BCUT2D eigenvalue weighted by Gasteiger charge is -2.25. The monoisotopic (exact) mass is 551 g/mol. The molecule has 1 aromatic heterocycles. The fourth-order valence-corrected chi connectivity index (χ4v) is 5.26. The Labute approximate surface area is 229 Å². The molecule has 3 aromatic rings. The number of carbonyl (C=O) groups is 3. The van der Waals surface area contributed by atoms with Crippen LogP contribution in [-0.4, -0.2) is 47.6 Å². The number of nitrogens with one attached hydrogen (secondary N) is 3. The van der Waals surface area contributed by atoms with Gasteiger partial charge in [0.2, 0.25) is 11.8 Å². The van der Waals surface area contributed by atoms with E-state index < -0.39 is 11.9 Å². The Kier molecular flexibility index (Phi) is 8.60. The van der Waals surface area contributed by atoms with Crippen LogP contribution in [0.3, 0.4) is 0 Å². The molecule has 0 bridgehead atoms. The molecule has 2 heterocycles. The van der Waals surface area contributed by atoms with Crippen molar-refractivity contribution in [2.24, 2.45) is 11.7 Å². The predicted molar refractivity (Wildman–Crippen MR) is 146 cm³/mol. The van der Waals surface area contributed by atoms with Gasteiger partial charge in [0.15, 0.2) is 0 Å².